The Balaban J connectivity index is 1.67. The number of fused-ring (bicyclic) bond motifs is 1. The van der Waals surface area contributed by atoms with Crippen molar-refractivity contribution < 1.29 is 9.53 Å². The Labute approximate surface area is 141 Å². The molecule has 2 aromatic rings. The molecule has 0 saturated heterocycles. The van der Waals surface area contributed by atoms with Gasteiger partial charge in [0.1, 0.15) is 5.60 Å². The zero-order valence-electron chi connectivity index (χ0n) is 14.3. The largest absolute Gasteiger partial charge is 0.442 e. The second-order valence-electron chi connectivity index (χ2n) is 7.23. The summed E-state index contributed by atoms with van der Waals surface area (Å²) < 4.78 is 7.02. The Morgan fingerprint density at radius 1 is 1.38 bits per heavy atom. The van der Waals surface area contributed by atoms with Gasteiger partial charge in [-0.25, -0.2) is 4.79 Å². The van der Waals surface area contributed by atoms with Gasteiger partial charge in [-0.3, -0.25) is 0 Å². The first-order chi connectivity index (χ1) is 11.4. The highest BCUT2D eigenvalue weighted by molar-refractivity contribution is 5.80. The maximum Gasteiger partial charge on any atom is 0.433 e. The molecule has 128 valence electrons. The van der Waals surface area contributed by atoms with E-state index in [1.165, 1.54) is 0 Å². The lowest BCUT2D eigenvalue weighted by atomic mass is 9.81. The molecule has 0 N–H and O–H groups in total. The van der Waals surface area contributed by atoms with Crippen molar-refractivity contribution in [3.05, 3.63) is 24.2 Å². The van der Waals surface area contributed by atoms with Crippen LogP contribution in [0.4, 0.5) is 4.79 Å². The van der Waals surface area contributed by atoms with Crippen LogP contribution in [0, 0.1) is 5.92 Å². The Morgan fingerprint density at radius 3 is 3.00 bits per heavy atom. The molecule has 7 nitrogen and oxygen atoms in total. The van der Waals surface area contributed by atoms with E-state index in [0.29, 0.717) is 0 Å². The number of carbonyl (C=O) groups excluding carboxylic acids is 1. The van der Waals surface area contributed by atoms with Crippen LogP contribution in [0.2, 0.25) is 0 Å². The van der Waals surface area contributed by atoms with E-state index in [0.717, 1.165) is 37.2 Å². The highest BCUT2D eigenvalue weighted by atomic mass is 16.6. The zero-order valence-corrected chi connectivity index (χ0v) is 14.3. The van der Waals surface area contributed by atoms with Crippen LogP contribution in [0.15, 0.2) is 23.3 Å². The van der Waals surface area contributed by atoms with Crippen LogP contribution in [-0.2, 0) is 4.74 Å². The van der Waals surface area contributed by atoms with E-state index in [9.17, 15) is 4.79 Å². The molecule has 1 aliphatic carbocycles. The molecule has 1 saturated carbocycles. The van der Waals surface area contributed by atoms with Gasteiger partial charge in [-0.15, -0.1) is 10.2 Å². The molecule has 7 heteroatoms. The van der Waals surface area contributed by atoms with E-state index in [-0.39, 0.29) is 11.8 Å². The molecule has 24 heavy (non-hydrogen) atoms. The lowest BCUT2D eigenvalue weighted by molar-refractivity contribution is 0.0604. The minimum atomic E-state index is -0.529. The molecule has 3 rings (SSSR count). The Hall–Kier alpha value is -2.31. The summed E-state index contributed by atoms with van der Waals surface area (Å²) in [6.07, 6.45) is 6.97. The Bertz CT molecular complexity index is 747. The first-order valence-corrected chi connectivity index (χ1v) is 8.36. The third kappa shape index (κ3) is 3.96. The van der Waals surface area contributed by atoms with Gasteiger partial charge in [0.25, 0.3) is 0 Å². The third-order valence-corrected chi connectivity index (χ3v) is 4.07. The van der Waals surface area contributed by atoms with E-state index >= 15 is 0 Å². The topological polar surface area (TPSA) is 81.7 Å². The van der Waals surface area contributed by atoms with Crippen molar-refractivity contribution in [2.24, 2.45) is 10.9 Å². The SMILES string of the molecule is CC(C)(C)OC(=O)N=CC1CCC[C@H](c2nnc3cccnn23)C1. The smallest absolute Gasteiger partial charge is 0.433 e. The van der Waals surface area contributed by atoms with Crippen molar-refractivity contribution >= 4 is 18.0 Å². The molecular formula is C17H23N5O2. The number of hydrogen-bond acceptors (Lipinski definition) is 5. The maximum absolute atomic E-state index is 11.7. The molecule has 2 atom stereocenters. The van der Waals surface area contributed by atoms with Crippen molar-refractivity contribution in [3.8, 4) is 0 Å². The average Bonchev–Trinajstić information content (AvgIpc) is 2.96. The summed E-state index contributed by atoms with van der Waals surface area (Å²) in [7, 11) is 0. The normalized spacial score (nSPS) is 22.1. The van der Waals surface area contributed by atoms with Gasteiger partial charge >= 0.3 is 6.09 Å². The highest BCUT2D eigenvalue weighted by Crippen LogP contribution is 2.34. The minimum Gasteiger partial charge on any atom is -0.442 e. The van der Waals surface area contributed by atoms with Crippen molar-refractivity contribution in [1.82, 2.24) is 19.8 Å². The van der Waals surface area contributed by atoms with E-state index in [4.69, 9.17) is 4.74 Å². The summed E-state index contributed by atoms with van der Waals surface area (Å²) in [4.78, 5) is 15.7. The van der Waals surface area contributed by atoms with E-state index in [1.807, 2.05) is 32.9 Å². The second kappa shape index (κ2) is 6.67. The van der Waals surface area contributed by atoms with Gasteiger partial charge in [0.05, 0.1) is 0 Å². The molecule has 1 fully saturated rings. The zero-order chi connectivity index (χ0) is 17.2. The van der Waals surface area contributed by atoms with E-state index in [1.54, 1.807) is 16.9 Å². The van der Waals surface area contributed by atoms with E-state index < -0.39 is 11.7 Å². The number of hydrogen-bond donors (Lipinski definition) is 0. The van der Waals surface area contributed by atoms with Crippen LogP contribution in [0.1, 0.15) is 58.2 Å². The summed E-state index contributed by atoms with van der Waals surface area (Å²) in [6, 6.07) is 3.75. The molecule has 2 aromatic heterocycles. The van der Waals surface area contributed by atoms with Gasteiger partial charge in [0, 0.05) is 18.3 Å². The number of amides is 1. The lowest BCUT2D eigenvalue weighted by Gasteiger charge is -2.25. The number of aliphatic imine (C=N–C) groups is 1. The second-order valence-corrected chi connectivity index (χ2v) is 7.23. The van der Waals surface area contributed by atoms with Crippen molar-refractivity contribution in [2.45, 2.75) is 58.0 Å². The summed E-state index contributed by atoms with van der Waals surface area (Å²) in [6.45, 7) is 5.50. The van der Waals surface area contributed by atoms with Crippen molar-refractivity contribution in [3.63, 3.8) is 0 Å². The number of nitrogens with zero attached hydrogens (tertiary/aromatic N) is 5. The van der Waals surface area contributed by atoms with Gasteiger partial charge in [0.2, 0.25) is 0 Å². The van der Waals surface area contributed by atoms with Crippen LogP contribution in [0.25, 0.3) is 5.65 Å². The van der Waals surface area contributed by atoms with Gasteiger partial charge < -0.3 is 4.74 Å². The molecule has 0 aliphatic heterocycles. The first-order valence-electron chi connectivity index (χ1n) is 8.36. The van der Waals surface area contributed by atoms with Gasteiger partial charge in [0.15, 0.2) is 11.5 Å². The number of rotatable bonds is 2. The fraction of sp³-hybridized carbons (Fsp3) is 0.588. The predicted octanol–water partition coefficient (Wildman–Crippen LogP) is 3.40. The van der Waals surface area contributed by atoms with Gasteiger partial charge in [-0.1, -0.05) is 6.42 Å². The summed E-state index contributed by atoms with van der Waals surface area (Å²) in [5.74, 6) is 1.41. The van der Waals surface area contributed by atoms with Gasteiger partial charge in [-0.05, 0) is 58.1 Å². The molecule has 2 heterocycles. The molecule has 1 unspecified atom stereocenters. The van der Waals surface area contributed by atoms with E-state index in [2.05, 4.69) is 20.3 Å². The molecule has 1 amide bonds. The third-order valence-electron chi connectivity index (χ3n) is 4.07. The summed E-state index contributed by atoms with van der Waals surface area (Å²) >= 11 is 0. The van der Waals surface area contributed by atoms with Crippen LogP contribution in [-0.4, -0.2) is 37.7 Å². The lowest BCUT2D eigenvalue weighted by Crippen LogP contribution is -2.23. The van der Waals surface area contributed by atoms with Gasteiger partial charge in [-0.2, -0.15) is 14.6 Å². The van der Waals surface area contributed by atoms with Crippen LogP contribution in [0.5, 0.6) is 0 Å². The average molecular weight is 329 g/mol. The molecule has 0 radical (unpaired) electrons. The quantitative estimate of drug-likeness (QED) is 0.789. The van der Waals surface area contributed by atoms with Crippen LogP contribution >= 0.6 is 0 Å². The molecular weight excluding hydrogens is 306 g/mol. The molecule has 0 spiro atoms. The highest BCUT2D eigenvalue weighted by Gasteiger charge is 2.26. The summed E-state index contributed by atoms with van der Waals surface area (Å²) in [5.41, 5.74) is 0.243. The standard InChI is InChI=1S/C17H23N5O2/c1-17(2,3)24-16(23)18-11-12-6-4-7-13(10-12)15-21-20-14-8-5-9-19-22(14)15/h5,8-9,11-13H,4,6-7,10H2,1-3H3/t12?,13-/m0/s1. The maximum atomic E-state index is 11.7. The minimum absolute atomic E-state index is 0.243. The van der Waals surface area contributed by atoms with Crippen LogP contribution in [0.3, 0.4) is 0 Å². The Kier molecular flexibility index (Phi) is 4.59. The Morgan fingerprint density at radius 2 is 2.21 bits per heavy atom. The number of aromatic nitrogens is 4. The predicted molar refractivity (Wildman–Crippen MR) is 90.2 cm³/mol. The number of ether oxygens (including phenoxy) is 1. The summed E-state index contributed by atoms with van der Waals surface area (Å²) in [5, 5.41) is 12.8. The van der Waals surface area contributed by atoms with Crippen LogP contribution < -0.4 is 0 Å². The molecule has 0 aromatic carbocycles. The van der Waals surface area contributed by atoms with Crippen molar-refractivity contribution in [1.29, 1.82) is 0 Å². The van der Waals surface area contributed by atoms with Crippen molar-refractivity contribution in [2.75, 3.05) is 0 Å². The fourth-order valence-electron chi connectivity index (χ4n) is 3.07. The molecule has 0 bridgehead atoms. The monoisotopic (exact) mass is 329 g/mol. The molecule has 1 aliphatic rings. The number of carbonyl (C=O) groups is 1. The fourth-order valence-corrected chi connectivity index (χ4v) is 3.07. The first kappa shape index (κ1) is 16.5.